The van der Waals surface area contributed by atoms with Crippen LogP contribution in [0.15, 0.2) is 30.3 Å². The zero-order chi connectivity index (χ0) is 13.4. The van der Waals surface area contributed by atoms with E-state index in [1.165, 1.54) is 29.9 Å². The van der Waals surface area contributed by atoms with Crippen molar-refractivity contribution < 1.29 is 4.39 Å². The van der Waals surface area contributed by atoms with Crippen LogP contribution in [-0.2, 0) is 0 Å². The van der Waals surface area contributed by atoms with Gasteiger partial charge >= 0.3 is 0 Å². The highest BCUT2D eigenvalue weighted by atomic mass is 35.5. The van der Waals surface area contributed by atoms with Crippen molar-refractivity contribution in [2.24, 2.45) is 5.92 Å². The molecule has 1 unspecified atom stereocenters. The molecule has 2 aromatic rings. The third-order valence-corrected chi connectivity index (χ3v) is 4.92. The Kier molecular flexibility index (Phi) is 3.61. The molecule has 0 spiro atoms. The zero-order valence-corrected chi connectivity index (χ0v) is 12.2. The molecular formula is C15H15ClFNS. The fourth-order valence-corrected chi connectivity index (χ4v) is 3.83. The van der Waals surface area contributed by atoms with Gasteiger partial charge in [-0.3, -0.25) is 0 Å². The zero-order valence-electron chi connectivity index (χ0n) is 10.6. The van der Waals surface area contributed by atoms with Gasteiger partial charge in [0.25, 0.3) is 0 Å². The van der Waals surface area contributed by atoms with E-state index in [9.17, 15) is 4.39 Å². The molecule has 0 radical (unpaired) electrons. The first-order valence-electron chi connectivity index (χ1n) is 6.41. The molecule has 3 rings (SSSR count). The van der Waals surface area contributed by atoms with E-state index in [-0.39, 0.29) is 5.82 Å². The van der Waals surface area contributed by atoms with Crippen LogP contribution in [0.4, 0.5) is 4.39 Å². The van der Waals surface area contributed by atoms with Gasteiger partial charge in [0.15, 0.2) is 0 Å². The van der Waals surface area contributed by atoms with Crippen molar-refractivity contribution in [1.82, 2.24) is 5.32 Å². The summed E-state index contributed by atoms with van der Waals surface area (Å²) in [6, 6.07) is 9.30. The van der Waals surface area contributed by atoms with Crippen LogP contribution in [-0.4, -0.2) is 7.05 Å². The number of benzene rings is 1. The summed E-state index contributed by atoms with van der Waals surface area (Å²) in [5, 5.41) is 3.82. The number of halogens is 2. The van der Waals surface area contributed by atoms with Crippen LogP contribution in [0.1, 0.15) is 23.8 Å². The third-order valence-electron chi connectivity index (χ3n) is 3.48. The lowest BCUT2D eigenvalue weighted by Gasteiger charge is -2.12. The van der Waals surface area contributed by atoms with Crippen LogP contribution >= 0.6 is 22.9 Å². The Bertz CT molecular complexity index is 571. The Hall–Kier alpha value is -0.900. The van der Waals surface area contributed by atoms with Crippen molar-refractivity contribution >= 4 is 22.9 Å². The van der Waals surface area contributed by atoms with Gasteiger partial charge in [0.05, 0.1) is 0 Å². The van der Waals surface area contributed by atoms with E-state index < -0.39 is 0 Å². The molecule has 1 aliphatic carbocycles. The molecule has 19 heavy (non-hydrogen) atoms. The van der Waals surface area contributed by atoms with Crippen LogP contribution in [0.5, 0.6) is 0 Å². The van der Waals surface area contributed by atoms with Crippen molar-refractivity contribution in [3.05, 3.63) is 46.0 Å². The van der Waals surface area contributed by atoms with Gasteiger partial charge in [-0.15, -0.1) is 11.3 Å². The maximum atomic E-state index is 13.4. The Morgan fingerprint density at radius 3 is 2.74 bits per heavy atom. The fourth-order valence-electron chi connectivity index (χ4n) is 2.41. The molecule has 1 aliphatic rings. The molecule has 100 valence electrons. The second kappa shape index (κ2) is 5.23. The van der Waals surface area contributed by atoms with Crippen molar-refractivity contribution in [2.45, 2.75) is 18.9 Å². The predicted molar refractivity (Wildman–Crippen MR) is 79.2 cm³/mol. The van der Waals surface area contributed by atoms with Gasteiger partial charge in [-0.1, -0.05) is 11.6 Å². The minimum absolute atomic E-state index is 0.287. The van der Waals surface area contributed by atoms with E-state index >= 15 is 0 Å². The average Bonchev–Trinajstić information content (AvgIpc) is 3.06. The quantitative estimate of drug-likeness (QED) is 0.848. The highest BCUT2D eigenvalue weighted by molar-refractivity contribution is 7.15. The molecule has 1 saturated carbocycles. The van der Waals surface area contributed by atoms with Crippen LogP contribution in [0.2, 0.25) is 5.02 Å². The molecular weight excluding hydrogens is 281 g/mol. The fraction of sp³-hybridized carbons (Fsp3) is 0.333. The Balaban J connectivity index is 1.91. The van der Waals surface area contributed by atoms with Gasteiger partial charge in [0, 0.05) is 20.8 Å². The molecule has 0 bridgehead atoms. The molecule has 1 fully saturated rings. The van der Waals surface area contributed by atoms with Gasteiger partial charge in [0.2, 0.25) is 0 Å². The monoisotopic (exact) mass is 295 g/mol. The van der Waals surface area contributed by atoms with E-state index in [4.69, 9.17) is 11.6 Å². The normalized spacial score (nSPS) is 16.6. The highest BCUT2D eigenvalue weighted by Gasteiger charge is 2.32. The third kappa shape index (κ3) is 2.83. The van der Waals surface area contributed by atoms with E-state index in [1.54, 1.807) is 11.3 Å². The van der Waals surface area contributed by atoms with Crippen molar-refractivity contribution in [1.29, 1.82) is 0 Å². The summed E-state index contributed by atoms with van der Waals surface area (Å²) < 4.78 is 13.4. The summed E-state index contributed by atoms with van der Waals surface area (Å²) in [5.41, 5.74) is 0.854. The van der Waals surface area contributed by atoms with Crippen LogP contribution in [0, 0.1) is 11.7 Å². The van der Waals surface area contributed by atoms with Crippen LogP contribution in [0.25, 0.3) is 10.4 Å². The van der Waals surface area contributed by atoms with Crippen molar-refractivity contribution in [3.63, 3.8) is 0 Å². The standard InChI is InChI=1S/C15H15ClFNS/c1-18-15(9-2-3-9)14-5-4-13(19-14)10-6-11(16)8-12(17)7-10/h4-9,15,18H,2-3H2,1H3. The number of hydrogen-bond donors (Lipinski definition) is 1. The number of thiophene rings is 1. The first-order valence-corrected chi connectivity index (χ1v) is 7.60. The Morgan fingerprint density at radius 2 is 2.11 bits per heavy atom. The summed E-state index contributed by atoms with van der Waals surface area (Å²) >= 11 is 7.63. The van der Waals surface area contributed by atoms with E-state index in [0.29, 0.717) is 11.1 Å². The van der Waals surface area contributed by atoms with E-state index in [1.807, 2.05) is 13.1 Å². The van der Waals surface area contributed by atoms with Crippen molar-refractivity contribution in [3.8, 4) is 10.4 Å². The molecule has 4 heteroatoms. The predicted octanol–water partition coefficient (Wildman–Crippen LogP) is 4.88. The van der Waals surface area contributed by atoms with Crippen LogP contribution in [0.3, 0.4) is 0 Å². The topological polar surface area (TPSA) is 12.0 Å². The van der Waals surface area contributed by atoms with Gasteiger partial charge in [-0.2, -0.15) is 0 Å². The highest BCUT2D eigenvalue weighted by Crippen LogP contribution is 2.44. The first kappa shape index (κ1) is 13.1. The number of hydrogen-bond acceptors (Lipinski definition) is 2. The molecule has 0 saturated heterocycles. The summed E-state index contributed by atoms with van der Waals surface area (Å²) in [5.74, 6) is 0.470. The lowest BCUT2D eigenvalue weighted by Crippen LogP contribution is -2.16. The molecule has 1 nitrogen and oxygen atoms in total. The minimum Gasteiger partial charge on any atom is -0.312 e. The SMILES string of the molecule is CNC(c1ccc(-c2cc(F)cc(Cl)c2)s1)C1CC1. The maximum absolute atomic E-state index is 13.4. The minimum atomic E-state index is -0.287. The molecule has 1 atom stereocenters. The molecule has 1 aromatic carbocycles. The molecule has 1 aromatic heterocycles. The Morgan fingerprint density at radius 1 is 1.32 bits per heavy atom. The molecule has 0 amide bonds. The summed E-state index contributed by atoms with van der Waals surface area (Å²) in [6.45, 7) is 0. The molecule has 1 heterocycles. The van der Waals surface area contributed by atoms with E-state index in [0.717, 1.165) is 16.4 Å². The van der Waals surface area contributed by atoms with Gasteiger partial charge in [-0.25, -0.2) is 4.39 Å². The average molecular weight is 296 g/mol. The molecule has 0 aliphatic heterocycles. The largest absolute Gasteiger partial charge is 0.312 e. The Labute approximate surface area is 121 Å². The second-order valence-electron chi connectivity index (χ2n) is 4.96. The summed E-state index contributed by atoms with van der Waals surface area (Å²) in [4.78, 5) is 2.39. The van der Waals surface area contributed by atoms with Gasteiger partial charge in [-0.05, 0) is 61.7 Å². The van der Waals surface area contributed by atoms with E-state index in [2.05, 4.69) is 17.4 Å². The maximum Gasteiger partial charge on any atom is 0.125 e. The van der Waals surface area contributed by atoms with Crippen molar-refractivity contribution in [2.75, 3.05) is 7.05 Å². The van der Waals surface area contributed by atoms with Gasteiger partial charge in [0.1, 0.15) is 5.82 Å². The summed E-state index contributed by atoms with van der Waals surface area (Å²) in [6.07, 6.45) is 2.59. The smallest absolute Gasteiger partial charge is 0.125 e. The lowest BCUT2D eigenvalue weighted by molar-refractivity contribution is 0.537. The first-order chi connectivity index (χ1) is 9.17. The molecule has 1 N–H and O–H groups in total. The second-order valence-corrected chi connectivity index (χ2v) is 6.52. The van der Waals surface area contributed by atoms with Crippen LogP contribution < -0.4 is 5.32 Å². The van der Waals surface area contributed by atoms with Gasteiger partial charge < -0.3 is 5.32 Å². The lowest BCUT2D eigenvalue weighted by atomic mass is 10.1. The number of rotatable bonds is 4. The summed E-state index contributed by atoms with van der Waals surface area (Å²) in [7, 11) is 2.00. The number of nitrogens with one attached hydrogen (secondary N) is 1.